The molecule has 0 saturated carbocycles. The lowest BCUT2D eigenvalue weighted by Crippen LogP contribution is -2.13. The standard InChI is InChI=1S/C6H9NO5/c8-3-4-11-12-7-5(9)1-2-6(7)10/h1-2,8-10H,3-4H2. The van der Waals surface area contributed by atoms with E-state index < -0.39 is 0 Å². The van der Waals surface area contributed by atoms with Gasteiger partial charge in [-0.05, 0) is 0 Å². The highest BCUT2D eigenvalue weighted by Crippen LogP contribution is 2.18. The van der Waals surface area contributed by atoms with Crippen LogP contribution < -0.4 is 4.99 Å². The molecule has 0 radical (unpaired) electrons. The largest absolute Gasteiger partial charge is 0.492 e. The van der Waals surface area contributed by atoms with Crippen LogP contribution in [0, 0.1) is 0 Å². The highest BCUT2D eigenvalue weighted by atomic mass is 17.3. The van der Waals surface area contributed by atoms with Crippen LogP contribution in [-0.2, 0) is 4.89 Å². The number of nitrogens with zero attached hydrogens (tertiary/aromatic N) is 1. The Morgan fingerprint density at radius 3 is 2.33 bits per heavy atom. The molecule has 6 nitrogen and oxygen atoms in total. The normalized spacial score (nSPS) is 10.1. The second-order valence-electron chi connectivity index (χ2n) is 1.96. The van der Waals surface area contributed by atoms with E-state index in [9.17, 15) is 0 Å². The van der Waals surface area contributed by atoms with E-state index in [1.54, 1.807) is 0 Å². The van der Waals surface area contributed by atoms with E-state index in [1.165, 1.54) is 12.1 Å². The third kappa shape index (κ3) is 1.80. The second-order valence-corrected chi connectivity index (χ2v) is 1.96. The van der Waals surface area contributed by atoms with Crippen molar-refractivity contribution in [1.82, 2.24) is 4.73 Å². The summed E-state index contributed by atoms with van der Waals surface area (Å²) in [5.74, 6) is -0.573. The van der Waals surface area contributed by atoms with Crippen molar-refractivity contribution in [3.63, 3.8) is 0 Å². The number of aromatic nitrogens is 1. The van der Waals surface area contributed by atoms with E-state index in [2.05, 4.69) is 9.88 Å². The molecule has 0 aromatic carbocycles. The summed E-state index contributed by atoms with van der Waals surface area (Å²) in [4.78, 5) is 8.79. The fourth-order valence-corrected chi connectivity index (χ4v) is 0.605. The van der Waals surface area contributed by atoms with Crippen molar-refractivity contribution in [3.05, 3.63) is 12.1 Å². The van der Waals surface area contributed by atoms with Gasteiger partial charge in [-0.3, -0.25) is 0 Å². The molecule has 1 aromatic rings. The molecule has 0 spiro atoms. The molecule has 0 unspecified atom stereocenters. The van der Waals surface area contributed by atoms with Crippen LogP contribution >= 0.6 is 0 Å². The first-order valence-corrected chi connectivity index (χ1v) is 3.26. The van der Waals surface area contributed by atoms with Crippen molar-refractivity contribution >= 4 is 0 Å². The van der Waals surface area contributed by atoms with Gasteiger partial charge in [0.05, 0.1) is 6.61 Å². The minimum atomic E-state index is -0.287. The minimum Gasteiger partial charge on any atom is -0.492 e. The minimum absolute atomic E-state index is 0.0446. The molecule has 0 amide bonds. The topological polar surface area (TPSA) is 84.1 Å². The zero-order valence-corrected chi connectivity index (χ0v) is 6.17. The molecule has 1 rings (SSSR count). The van der Waals surface area contributed by atoms with Crippen molar-refractivity contribution in [2.75, 3.05) is 13.2 Å². The van der Waals surface area contributed by atoms with Gasteiger partial charge in [0, 0.05) is 12.1 Å². The second kappa shape index (κ2) is 3.84. The predicted molar refractivity (Wildman–Crippen MR) is 37.4 cm³/mol. The van der Waals surface area contributed by atoms with Gasteiger partial charge in [-0.1, -0.05) is 4.73 Å². The Balaban J connectivity index is 2.50. The molecule has 12 heavy (non-hydrogen) atoms. The number of hydrogen-bond donors (Lipinski definition) is 3. The average molecular weight is 175 g/mol. The maximum Gasteiger partial charge on any atom is 0.233 e. The van der Waals surface area contributed by atoms with E-state index in [-0.39, 0.29) is 25.0 Å². The summed E-state index contributed by atoms with van der Waals surface area (Å²) in [5, 5.41) is 26.2. The van der Waals surface area contributed by atoms with Crippen LogP contribution in [-0.4, -0.2) is 33.3 Å². The van der Waals surface area contributed by atoms with Crippen molar-refractivity contribution in [3.8, 4) is 11.8 Å². The highest BCUT2D eigenvalue weighted by Gasteiger charge is 2.06. The lowest BCUT2D eigenvalue weighted by molar-refractivity contribution is -0.300. The van der Waals surface area contributed by atoms with Gasteiger partial charge in [0.1, 0.15) is 6.61 Å². The number of rotatable bonds is 4. The Kier molecular flexibility index (Phi) is 2.78. The smallest absolute Gasteiger partial charge is 0.233 e. The molecule has 0 aliphatic heterocycles. The number of aromatic hydroxyl groups is 2. The van der Waals surface area contributed by atoms with Gasteiger partial charge >= 0.3 is 0 Å². The molecule has 0 aliphatic carbocycles. The van der Waals surface area contributed by atoms with Crippen LogP contribution in [0.25, 0.3) is 0 Å². The van der Waals surface area contributed by atoms with Crippen molar-refractivity contribution in [1.29, 1.82) is 0 Å². The molecule has 6 heteroatoms. The van der Waals surface area contributed by atoms with Crippen LogP contribution in [0.3, 0.4) is 0 Å². The summed E-state index contributed by atoms with van der Waals surface area (Å²) in [6.07, 6.45) is 0. The Hall–Kier alpha value is -1.40. The van der Waals surface area contributed by atoms with Crippen LogP contribution in [0.4, 0.5) is 0 Å². The summed E-state index contributed by atoms with van der Waals surface area (Å²) in [6.45, 7) is -0.250. The summed E-state index contributed by atoms with van der Waals surface area (Å²) >= 11 is 0. The fourth-order valence-electron chi connectivity index (χ4n) is 0.605. The van der Waals surface area contributed by atoms with Gasteiger partial charge in [0.2, 0.25) is 11.8 Å². The Bertz CT molecular complexity index is 227. The molecule has 1 heterocycles. The SMILES string of the molecule is OCCOOn1c(O)ccc1O. The van der Waals surface area contributed by atoms with Crippen molar-refractivity contribution < 1.29 is 25.2 Å². The quantitative estimate of drug-likeness (QED) is 0.318. The first kappa shape index (κ1) is 8.69. The van der Waals surface area contributed by atoms with Crippen LogP contribution in [0.15, 0.2) is 12.1 Å². The van der Waals surface area contributed by atoms with Gasteiger partial charge < -0.3 is 15.3 Å². The molecule has 0 saturated heterocycles. The van der Waals surface area contributed by atoms with Crippen molar-refractivity contribution in [2.24, 2.45) is 0 Å². The van der Waals surface area contributed by atoms with Crippen LogP contribution in [0.2, 0.25) is 0 Å². The molecule has 0 atom stereocenters. The third-order valence-electron chi connectivity index (χ3n) is 1.10. The molecular formula is C6H9NO5. The average Bonchev–Trinajstić information content (AvgIpc) is 2.35. The van der Waals surface area contributed by atoms with E-state index in [0.717, 1.165) is 0 Å². The van der Waals surface area contributed by atoms with Gasteiger partial charge in [0.15, 0.2) is 0 Å². The van der Waals surface area contributed by atoms with E-state index in [1.807, 2.05) is 0 Å². The lowest BCUT2D eigenvalue weighted by atomic mass is 10.6. The van der Waals surface area contributed by atoms with E-state index in [4.69, 9.17) is 15.3 Å². The molecule has 0 aliphatic rings. The maximum absolute atomic E-state index is 8.97. The zero-order chi connectivity index (χ0) is 8.97. The highest BCUT2D eigenvalue weighted by molar-refractivity contribution is 5.21. The first-order valence-electron chi connectivity index (χ1n) is 3.26. The third-order valence-corrected chi connectivity index (χ3v) is 1.10. The summed E-state index contributed by atoms with van der Waals surface area (Å²) in [5.41, 5.74) is 0. The Morgan fingerprint density at radius 1 is 1.25 bits per heavy atom. The van der Waals surface area contributed by atoms with Gasteiger partial charge in [-0.15, -0.1) is 0 Å². The zero-order valence-electron chi connectivity index (χ0n) is 6.17. The number of aliphatic hydroxyl groups is 1. The Morgan fingerprint density at radius 2 is 1.83 bits per heavy atom. The van der Waals surface area contributed by atoms with Crippen molar-refractivity contribution in [2.45, 2.75) is 0 Å². The summed E-state index contributed by atoms with van der Waals surface area (Å²) in [6, 6.07) is 2.47. The summed E-state index contributed by atoms with van der Waals surface area (Å²) < 4.78 is 0.676. The molecule has 1 aromatic heterocycles. The number of aliphatic hydroxyl groups excluding tert-OH is 1. The van der Waals surface area contributed by atoms with E-state index >= 15 is 0 Å². The fraction of sp³-hybridized carbons (Fsp3) is 0.333. The monoisotopic (exact) mass is 175 g/mol. The van der Waals surface area contributed by atoms with Crippen LogP contribution in [0.1, 0.15) is 0 Å². The number of hydrogen-bond acceptors (Lipinski definition) is 5. The van der Waals surface area contributed by atoms with Gasteiger partial charge in [0.25, 0.3) is 0 Å². The molecule has 0 fully saturated rings. The molecule has 3 N–H and O–H groups in total. The van der Waals surface area contributed by atoms with Gasteiger partial charge in [-0.25, -0.2) is 4.99 Å². The lowest BCUT2D eigenvalue weighted by Gasteiger charge is -2.04. The molecule has 0 bridgehead atoms. The molecular weight excluding hydrogens is 166 g/mol. The summed E-state index contributed by atoms with van der Waals surface area (Å²) in [7, 11) is 0. The van der Waals surface area contributed by atoms with Gasteiger partial charge in [-0.2, -0.15) is 4.89 Å². The van der Waals surface area contributed by atoms with E-state index in [0.29, 0.717) is 4.73 Å². The predicted octanol–water partition coefficient (Wildman–Crippen LogP) is -0.748. The first-order chi connectivity index (χ1) is 5.75. The Labute approximate surface area is 68.1 Å². The molecule has 68 valence electrons. The van der Waals surface area contributed by atoms with Crippen LogP contribution in [0.5, 0.6) is 11.8 Å². The maximum atomic E-state index is 8.97.